The van der Waals surface area contributed by atoms with Crippen molar-refractivity contribution in [2.45, 2.75) is 19.8 Å². The van der Waals surface area contributed by atoms with Crippen LogP contribution in [0.5, 0.6) is 0 Å². The van der Waals surface area contributed by atoms with E-state index in [0.717, 1.165) is 25.9 Å². The molecule has 1 fully saturated rings. The van der Waals surface area contributed by atoms with Crippen LogP contribution in [0.1, 0.15) is 19.8 Å². The van der Waals surface area contributed by atoms with Gasteiger partial charge in [0.05, 0.1) is 0 Å². The van der Waals surface area contributed by atoms with Crippen molar-refractivity contribution in [2.75, 3.05) is 18.0 Å². The van der Waals surface area contributed by atoms with E-state index < -0.39 is 4.92 Å². The fourth-order valence-corrected chi connectivity index (χ4v) is 2.13. The lowest BCUT2D eigenvalue weighted by molar-refractivity contribution is -0.388. The molecule has 2 rings (SSSR count). The zero-order chi connectivity index (χ0) is 11.7. The predicted octanol–water partition coefficient (Wildman–Crippen LogP) is 1.56. The van der Waals surface area contributed by atoms with Gasteiger partial charge in [0.2, 0.25) is 12.1 Å². The first-order chi connectivity index (χ1) is 7.59. The zero-order valence-electron chi connectivity index (χ0n) is 9.59. The minimum atomic E-state index is -0.409. The maximum absolute atomic E-state index is 10.8. The number of rotatable bonds is 2. The third-order valence-electron chi connectivity index (χ3n) is 3.14. The molecular weight excluding hydrogens is 208 g/mol. The summed E-state index contributed by atoms with van der Waals surface area (Å²) < 4.78 is 1.73. The molecule has 6 nitrogen and oxygen atoms in total. The van der Waals surface area contributed by atoms with E-state index in [1.54, 1.807) is 11.6 Å². The summed E-state index contributed by atoms with van der Waals surface area (Å²) in [5, 5.41) is 10.8. The topological polar surface area (TPSA) is 64.2 Å². The molecule has 6 heteroatoms. The molecule has 0 unspecified atom stereocenters. The number of anilines is 1. The molecule has 0 aromatic carbocycles. The van der Waals surface area contributed by atoms with Crippen molar-refractivity contribution in [1.29, 1.82) is 0 Å². The molecule has 1 aromatic rings. The van der Waals surface area contributed by atoms with Crippen LogP contribution in [-0.4, -0.2) is 27.6 Å². The van der Waals surface area contributed by atoms with E-state index in [4.69, 9.17) is 0 Å². The monoisotopic (exact) mass is 224 g/mol. The molecule has 0 spiro atoms. The quantitative estimate of drug-likeness (QED) is 0.565. The first-order valence-electron chi connectivity index (χ1n) is 5.50. The fourth-order valence-electron chi connectivity index (χ4n) is 2.13. The Morgan fingerprint density at radius 3 is 2.69 bits per heavy atom. The Hall–Kier alpha value is -1.59. The van der Waals surface area contributed by atoms with Gasteiger partial charge in [-0.25, -0.2) is 0 Å². The van der Waals surface area contributed by atoms with E-state index in [2.05, 4.69) is 16.8 Å². The Morgan fingerprint density at radius 2 is 2.12 bits per heavy atom. The van der Waals surface area contributed by atoms with Crippen molar-refractivity contribution in [1.82, 2.24) is 9.55 Å². The van der Waals surface area contributed by atoms with Gasteiger partial charge in [-0.1, -0.05) is 6.92 Å². The number of aromatic nitrogens is 2. The maximum atomic E-state index is 10.8. The highest BCUT2D eigenvalue weighted by Crippen LogP contribution is 2.29. The van der Waals surface area contributed by atoms with Crippen molar-refractivity contribution in [3.63, 3.8) is 0 Å². The first-order valence-corrected chi connectivity index (χ1v) is 5.50. The van der Waals surface area contributed by atoms with Crippen LogP contribution < -0.4 is 4.90 Å². The number of nitrogens with zero attached hydrogens (tertiary/aromatic N) is 4. The molecule has 1 aliphatic heterocycles. The van der Waals surface area contributed by atoms with Crippen LogP contribution in [0.3, 0.4) is 0 Å². The van der Waals surface area contributed by atoms with E-state index in [9.17, 15) is 10.1 Å². The maximum Gasteiger partial charge on any atom is 0.406 e. The highest BCUT2D eigenvalue weighted by molar-refractivity contribution is 5.54. The number of imidazole rings is 1. The standard InChI is InChI=1S/C10H16N4O2/c1-8-3-5-13(6-4-8)10-9(14(15)16)11-7-12(10)2/h7-8H,3-6H2,1-2H3. The van der Waals surface area contributed by atoms with Gasteiger partial charge in [0.25, 0.3) is 0 Å². The first kappa shape index (κ1) is 10.9. The van der Waals surface area contributed by atoms with Gasteiger partial charge in [-0.15, -0.1) is 0 Å². The van der Waals surface area contributed by atoms with Gasteiger partial charge < -0.3 is 15.0 Å². The number of aryl methyl sites for hydroxylation is 1. The lowest BCUT2D eigenvalue weighted by Gasteiger charge is -2.30. The molecule has 1 saturated heterocycles. The summed E-state index contributed by atoms with van der Waals surface area (Å²) in [4.78, 5) is 16.3. The van der Waals surface area contributed by atoms with Gasteiger partial charge >= 0.3 is 5.82 Å². The summed E-state index contributed by atoms with van der Waals surface area (Å²) in [6.45, 7) is 3.97. The second-order valence-electron chi connectivity index (χ2n) is 4.43. The molecule has 88 valence electrons. The normalized spacial score (nSPS) is 17.8. The smallest absolute Gasteiger partial charge is 0.358 e. The Balaban J connectivity index is 2.25. The SMILES string of the molecule is CC1CCN(c2c([N+](=O)[O-])ncn2C)CC1. The molecule has 0 amide bonds. The Bertz CT molecular complexity index is 394. The van der Waals surface area contributed by atoms with Gasteiger partial charge in [-0.05, 0) is 28.7 Å². The lowest BCUT2D eigenvalue weighted by Crippen LogP contribution is -2.34. The molecule has 0 radical (unpaired) electrons. The van der Waals surface area contributed by atoms with E-state index in [0.29, 0.717) is 11.7 Å². The van der Waals surface area contributed by atoms with Crippen molar-refractivity contribution in [2.24, 2.45) is 13.0 Å². The summed E-state index contributed by atoms with van der Waals surface area (Å²) in [6.07, 6.45) is 3.68. The number of hydrogen-bond acceptors (Lipinski definition) is 4. The van der Waals surface area contributed by atoms with Crippen LogP contribution in [0.15, 0.2) is 6.33 Å². The summed E-state index contributed by atoms with van der Waals surface area (Å²) in [5.74, 6) is 1.32. The van der Waals surface area contributed by atoms with Gasteiger partial charge in [0.15, 0.2) is 0 Å². The second-order valence-corrected chi connectivity index (χ2v) is 4.43. The zero-order valence-corrected chi connectivity index (χ0v) is 9.59. The number of nitro groups is 1. The largest absolute Gasteiger partial charge is 0.406 e. The predicted molar refractivity (Wildman–Crippen MR) is 60.5 cm³/mol. The van der Waals surface area contributed by atoms with E-state index >= 15 is 0 Å². The molecule has 0 atom stereocenters. The molecule has 0 saturated carbocycles. The summed E-state index contributed by atoms with van der Waals surface area (Å²) in [6, 6.07) is 0. The molecule has 1 aromatic heterocycles. The summed E-state index contributed by atoms with van der Waals surface area (Å²) in [7, 11) is 1.80. The van der Waals surface area contributed by atoms with Gasteiger partial charge in [-0.2, -0.15) is 0 Å². The highest BCUT2D eigenvalue weighted by Gasteiger charge is 2.27. The molecular formula is C10H16N4O2. The van der Waals surface area contributed by atoms with Crippen LogP contribution >= 0.6 is 0 Å². The van der Waals surface area contributed by atoms with Crippen LogP contribution in [-0.2, 0) is 7.05 Å². The average molecular weight is 224 g/mol. The number of piperidine rings is 1. The van der Waals surface area contributed by atoms with Crippen molar-refractivity contribution in [3.05, 3.63) is 16.4 Å². The minimum Gasteiger partial charge on any atom is -0.358 e. The second kappa shape index (κ2) is 4.11. The molecule has 0 aliphatic carbocycles. The Morgan fingerprint density at radius 1 is 1.50 bits per heavy atom. The van der Waals surface area contributed by atoms with Crippen LogP contribution in [0, 0.1) is 16.0 Å². The van der Waals surface area contributed by atoms with Crippen LogP contribution in [0.2, 0.25) is 0 Å². The Labute approximate surface area is 94.0 Å². The van der Waals surface area contributed by atoms with Crippen molar-refractivity contribution in [3.8, 4) is 0 Å². The average Bonchev–Trinajstić information content (AvgIpc) is 2.62. The van der Waals surface area contributed by atoms with Crippen LogP contribution in [0.25, 0.3) is 0 Å². The summed E-state index contributed by atoms with van der Waals surface area (Å²) in [5.41, 5.74) is 0. The Kier molecular flexibility index (Phi) is 2.80. The lowest BCUT2D eigenvalue weighted by atomic mass is 9.99. The summed E-state index contributed by atoms with van der Waals surface area (Å²) >= 11 is 0. The molecule has 1 aliphatic rings. The molecule has 0 N–H and O–H groups in total. The van der Waals surface area contributed by atoms with E-state index in [-0.39, 0.29) is 5.82 Å². The third kappa shape index (κ3) is 1.87. The van der Waals surface area contributed by atoms with Gasteiger partial charge in [0, 0.05) is 20.1 Å². The van der Waals surface area contributed by atoms with Gasteiger partial charge in [-0.3, -0.25) is 4.57 Å². The molecule has 2 heterocycles. The molecule has 16 heavy (non-hydrogen) atoms. The highest BCUT2D eigenvalue weighted by atomic mass is 16.6. The fraction of sp³-hybridized carbons (Fsp3) is 0.700. The van der Waals surface area contributed by atoms with E-state index in [1.807, 2.05) is 0 Å². The number of hydrogen-bond donors (Lipinski definition) is 0. The van der Waals surface area contributed by atoms with Crippen molar-refractivity contribution >= 4 is 11.6 Å². The third-order valence-corrected chi connectivity index (χ3v) is 3.14. The van der Waals surface area contributed by atoms with Gasteiger partial charge in [0.1, 0.15) is 0 Å². The van der Waals surface area contributed by atoms with Crippen LogP contribution in [0.4, 0.5) is 11.6 Å². The van der Waals surface area contributed by atoms with Crippen molar-refractivity contribution < 1.29 is 4.92 Å². The molecule has 0 bridgehead atoms. The minimum absolute atomic E-state index is 0.0305. The van der Waals surface area contributed by atoms with E-state index in [1.165, 1.54) is 6.33 Å².